The molecule has 11 N–H and O–H groups in total. The lowest BCUT2D eigenvalue weighted by atomic mass is 9.96. The quantitative estimate of drug-likeness (QED) is 0.106. The van der Waals surface area contributed by atoms with Crippen molar-refractivity contribution in [3.8, 4) is 0 Å². The summed E-state index contributed by atoms with van der Waals surface area (Å²) >= 11 is 0. The zero-order chi connectivity index (χ0) is 29.7. The third kappa shape index (κ3) is 7.06. The fourth-order valence-corrected chi connectivity index (χ4v) is 4.49. The number of amides is 1. The second kappa shape index (κ2) is 14.5. The molecule has 0 radical (unpaired) electrons. The number of nitrogens with one attached hydrogen (secondary N) is 1. The van der Waals surface area contributed by atoms with Gasteiger partial charge >= 0.3 is 6.09 Å². The van der Waals surface area contributed by atoms with Crippen molar-refractivity contribution in [2.24, 2.45) is 0 Å². The van der Waals surface area contributed by atoms with Gasteiger partial charge in [0, 0.05) is 0 Å². The Morgan fingerprint density at radius 1 is 0.675 bits per heavy atom. The Bertz CT molecular complexity index is 816. The minimum absolute atomic E-state index is 0.154. The van der Waals surface area contributed by atoms with Crippen molar-refractivity contribution in [3.05, 3.63) is 12.7 Å². The second-order valence-corrected chi connectivity index (χ2v) is 9.40. The van der Waals surface area contributed by atoms with Gasteiger partial charge in [-0.3, -0.25) is 5.32 Å². The smallest absolute Gasteiger partial charge is 0.409 e. The SMILES string of the molecule is C=CCOC(=O)N[C@@H]1O[C@H](CO)[C@@H](O[C@H]2O[C@H](CO)[C@@H](O[C@H]3O[C@H](CO)[C@@H](O)[C@H](O)[C@H]3O)[C@H](O)[C@H]2O)[C@H](O)[C@H]1O. The summed E-state index contributed by atoms with van der Waals surface area (Å²) in [4.78, 5) is 11.8. The highest BCUT2D eigenvalue weighted by Gasteiger charge is 2.53. The molecule has 18 heteroatoms. The van der Waals surface area contributed by atoms with E-state index >= 15 is 0 Å². The number of carbonyl (C=O) groups excluding carboxylic acids is 1. The molecule has 0 aromatic rings. The summed E-state index contributed by atoms with van der Waals surface area (Å²) in [6.07, 6.45) is -25.0. The molecule has 0 aromatic carbocycles. The molecule has 18 nitrogen and oxygen atoms in total. The first-order valence-electron chi connectivity index (χ1n) is 12.4. The van der Waals surface area contributed by atoms with Crippen LogP contribution in [0.1, 0.15) is 0 Å². The normalized spacial score (nSPS) is 46.0. The zero-order valence-electron chi connectivity index (χ0n) is 21.1. The third-order valence-electron chi connectivity index (χ3n) is 6.71. The highest BCUT2D eigenvalue weighted by molar-refractivity contribution is 5.67. The number of carbonyl (C=O) groups is 1. The van der Waals surface area contributed by atoms with Gasteiger partial charge in [0.1, 0.15) is 79.9 Å². The molecule has 0 saturated carbocycles. The first-order valence-corrected chi connectivity index (χ1v) is 12.4. The highest BCUT2D eigenvalue weighted by Crippen LogP contribution is 2.32. The van der Waals surface area contributed by atoms with Crippen molar-refractivity contribution in [2.75, 3.05) is 26.4 Å². The average molecular weight is 588 g/mol. The molecule has 0 aliphatic carbocycles. The van der Waals surface area contributed by atoms with Gasteiger partial charge in [-0.15, -0.1) is 0 Å². The summed E-state index contributed by atoms with van der Waals surface area (Å²) in [7, 11) is 0. The molecule has 3 aliphatic rings. The van der Waals surface area contributed by atoms with E-state index in [1.54, 1.807) is 0 Å². The van der Waals surface area contributed by atoms with E-state index in [1.807, 2.05) is 0 Å². The Kier molecular flexibility index (Phi) is 12.0. The van der Waals surface area contributed by atoms with Gasteiger partial charge in [0.25, 0.3) is 0 Å². The zero-order valence-corrected chi connectivity index (χ0v) is 21.1. The Labute approximate surface area is 227 Å². The summed E-state index contributed by atoms with van der Waals surface area (Å²) < 4.78 is 31.8. The summed E-state index contributed by atoms with van der Waals surface area (Å²) in [6.45, 7) is 0.817. The minimum atomic E-state index is -1.95. The molecule has 15 atom stereocenters. The largest absolute Gasteiger partial charge is 0.445 e. The fourth-order valence-electron chi connectivity index (χ4n) is 4.49. The Morgan fingerprint density at radius 2 is 1.15 bits per heavy atom. The van der Waals surface area contributed by atoms with Crippen LogP contribution in [0.4, 0.5) is 4.79 Å². The number of rotatable bonds is 10. The summed E-state index contributed by atoms with van der Waals surface area (Å²) in [6, 6.07) is 0. The molecule has 3 rings (SSSR count). The molecule has 3 heterocycles. The summed E-state index contributed by atoms with van der Waals surface area (Å²) in [5.41, 5.74) is 0. The third-order valence-corrected chi connectivity index (χ3v) is 6.71. The van der Waals surface area contributed by atoms with Crippen LogP contribution in [0.5, 0.6) is 0 Å². The van der Waals surface area contributed by atoms with Crippen molar-refractivity contribution < 1.29 is 84.3 Å². The van der Waals surface area contributed by atoms with Crippen molar-refractivity contribution in [2.45, 2.75) is 92.1 Å². The van der Waals surface area contributed by atoms with Crippen LogP contribution in [0.15, 0.2) is 12.7 Å². The molecular formula is C22H37NO17. The van der Waals surface area contributed by atoms with E-state index in [0.717, 1.165) is 0 Å². The Morgan fingerprint density at radius 3 is 1.68 bits per heavy atom. The number of ether oxygens (including phenoxy) is 6. The lowest BCUT2D eigenvalue weighted by molar-refractivity contribution is -0.373. The fraction of sp³-hybridized carbons (Fsp3) is 0.864. The van der Waals surface area contributed by atoms with Gasteiger partial charge in [0.2, 0.25) is 0 Å². The van der Waals surface area contributed by atoms with E-state index in [0.29, 0.717) is 0 Å². The van der Waals surface area contributed by atoms with E-state index in [1.165, 1.54) is 6.08 Å². The molecule has 3 aliphatic heterocycles. The van der Waals surface area contributed by atoms with E-state index in [4.69, 9.17) is 28.4 Å². The van der Waals surface area contributed by atoms with Crippen LogP contribution in [0.3, 0.4) is 0 Å². The van der Waals surface area contributed by atoms with Crippen LogP contribution in [0.2, 0.25) is 0 Å². The van der Waals surface area contributed by atoms with Crippen molar-refractivity contribution in [1.29, 1.82) is 0 Å². The molecular weight excluding hydrogens is 550 g/mol. The molecule has 3 saturated heterocycles. The number of aliphatic hydroxyl groups excluding tert-OH is 10. The lowest BCUT2D eigenvalue weighted by Crippen LogP contribution is -2.67. The van der Waals surface area contributed by atoms with Crippen molar-refractivity contribution in [1.82, 2.24) is 5.32 Å². The van der Waals surface area contributed by atoms with Crippen LogP contribution in [0, 0.1) is 0 Å². The molecule has 40 heavy (non-hydrogen) atoms. The van der Waals surface area contributed by atoms with E-state index < -0.39 is 118 Å². The maximum Gasteiger partial charge on any atom is 0.409 e. The molecule has 0 unspecified atom stereocenters. The first-order chi connectivity index (χ1) is 19.0. The molecule has 3 fully saturated rings. The van der Waals surface area contributed by atoms with Gasteiger partial charge in [-0.1, -0.05) is 12.7 Å². The van der Waals surface area contributed by atoms with E-state index in [2.05, 4.69) is 11.9 Å². The van der Waals surface area contributed by atoms with Gasteiger partial charge in [-0.25, -0.2) is 4.79 Å². The summed E-state index contributed by atoms with van der Waals surface area (Å²) in [5, 5.41) is 104. The minimum Gasteiger partial charge on any atom is -0.445 e. The van der Waals surface area contributed by atoms with Gasteiger partial charge in [-0.05, 0) is 0 Å². The molecule has 0 bridgehead atoms. The van der Waals surface area contributed by atoms with Crippen LogP contribution >= 0.6 is 0 Å². The van der Waals surface area contributed by atoms with Crippen LogP contribution in [-0.4, -0.2) is 176 Å². The van der Waals surface area contributed by atoms with Gasteiger partial charge < -0.3 is 79.5 Å². The number of alkyl carbamates (subject to hydrolysis) is 1. The topological polar surface area (TPSA) is 287 Å². The van der Waals surface area contributed by atoms with Gasteiger partial charge in [0.05, 0.1) is 19.8 Å². The maximum absolute atomic E-state index is 11.8. The average Bonchev–Trinajstić information content (AvgIpc) is 2.95. The molecule has 0 aromatic heterocycles. The summed E-state index contributed by atoms with van der Waals surface area (Å²) in [5.74, 6) is 0. The van der Waals surface area contributed by atoms with Gasteiger partial charge in [-0.2, -0.15) is 0 Å². The standard InChI is InChI=1S/C22H37NO17/c1-2-3-35-22(34)23-19-14(31)12(29)17(8(5-25)36-19)39-21-16(33)13(30)18(9(6-26)38-21)40-20-15(32)11(28)10(27)7(4-24)37-20/h2,7-21,24-33H,1,3-6H2,(H,23,34)/t7-,8-,9-,10-,11+,12-,13-,14-,15-,16-,17-,18-,19-,20-,21-/m1/s1. The predicted octanol–water partition coefficient (Wildman–Crippen LogP) is -6.65. The molecule has 1 amide bonds. The Hall–Kier alpha value is -1.59. The monoisotopic (exact) mass is 587 g/mol. The highest BCUT2D eigenvalue weighted by atomic mass is 16.7. The number of hydrogen-bond donors (Lipinski definition) is 11. The van der Waals surface area contributed by atoms with E-state index in [-0.39, 0.29) is 6.61 Å². The lowest BCUT2D eigenvalue weighted by Gasteiger charge is -2.48. The number of hydrogen-bond acceptors (Lipinski definition) is 17. The van der Waals surface area contributed by atoms with Crippen LogP contribution in [-0.2, 0) is 28.4 Å². The first kappa shape index (κ1) is 32.9. The maximum atomic E-state index is 11.8. The van der Waals surface area contributed by atoms with Gasteiger partial charge in [0.15, 0.2) is 18.8 Å². The van der Waals surface area contributed by atoms with E-state index in [9.17, 15) is 55.9 Å². The Balaban J connectivity index is 1.68. The molecule has 0 spiro atoms. The van der Waals surface area contributed by atoms with Crippen LogP contribution in [0.25, 0.3) is 0 Å². The predicted molar refractivity (Wildman–Crippen MR) is 124 cm³/mol. The van der Waals surface area contributed by atoms with Crippen molar-refractivity contribution >= 4 is 6.09 Å². The second-order valence-electron chi connectivity index (χ2n) is 9.40. The van der Waals surface area contributed by atoms with Crippen molar-refractivity contribution in [3.63, 3.8) is 0 Å². The molecule has 232 valence electrons. The number of aliphatic hydroxyl groups is 10. The van der Waals surface area contributed by atoms with Crippen LogP contribution < -0.4 is 5.32 Å².